The summed E-state index contributed by atoms with van der Waals surface area (Å²) in [7, 11) is 0. The molecule has 12 aromatic heterocycles. The Kier molecular flexibility index (Phi) is 25.5. The molecule has 0 aromatic carbocycles. The van der Waals surface area contributed by atoms with Crippen molar-refractivity contribution >= 4 is 0 Å². The maximum absolute atomic E-state index is 4.19. The topological polar surface area (TPSA) is 155 Å². The molecule has 350 valence electrons. The van der Waals surface area contributed by atoms with E-state index in [0.29, 0.717) is 0 Å². The largest absolute Gasteiger partial charge is 2.00 e. The van der Waals surface area contributed by atoms with Gasteiger partial charge in [-0.2, -0.15) is 0 Å². The summed E-state index contributed by atoms with van der Waals surface area (Å²) in [5.41, 5.74) is 11.0. The molecule has 14 heteroatoms. The van der Waals surface area contributed by atoms with Crippen molar-refractivity contribution in [3.8, 4) is 68.3 Å². The Morgan fingerprint density at radius 1 is 0.135 bits per heavy atom. The third kappa shape index (κ3) is 19.7. The van der Waals surface area contributed by atoms with Crippen molar-refractivity contribution in [1.82, 2.24) is 59.8 Å². The molecule has 12 heterocycles. The van der Waals surface area contributed by atoms with Crippen molar-refractivity contribution < 1.29 is 41.2 Å². The number of nitrogens with zero attached hydrogens (tertiary/aromatic N) is 12. The first-order valence-electron chi connectivity index (χ1n) is 22.7. The van der Waals surface area contributed by atoms with Crippen LogP contribution >= 0.6 is 0 Å². The summed E-state index contributed by atoms with van der Waals surface area (Å²) >= 11 is 0. The average Bonchev–Trinajstić information content (AvgIpc) is 3.51. The third-order valence-electron chi connectivity index (χ3n) is 9.55. The van der Waals surface area contributed by atoms with E-state index in [-0.39, 0.29) is 41.2 Å². The van der Waals surface area contributed by atoms with Gasteiger partial charge >= 0.3 is 41.2 Å². The summed E-state index contributed by atoms with van der Waals surface area (Å²) in [6.07, 6.45) is 21.2. The summed E-state index contributed by atoms with van der Waals surface area (Å²) < 4.78 is 0. The summed E-state index contributed by atoms with van der Waals surface area (Å²) in [5, 5.41) is 0. The van der Waals surface area contributed by atoms with Gasteiger partial charge in [0.1, 0.15) is 0 Å². The van der Waals surface area contributed by atoms with Gasteiger partial charge in [0, 0.05) is 74.4 Å². The number of hydrogen-bond donors (Lipinski definition) is 0. The van der Waals surface area contributed by atoms with Crippen LogP contribution < -0.4 is 0 Å². The van der Waals surface area contributed by atoms with Crippen LogP contribution in [0.15, 0.2) is 293 Å². The van der Waals surface area contributed by atoms with E-state index >= 15 is 0 Å². The minimum Gasteiger partial charge on any atom is -0.255 e. The van der Waals surface area contributed by atoms with Crippen LogP contribution in [0.25, 0.3) is 68.3 Å². The summed E-state index contributed by atoms with van der Waals surface area (Å²) in [5.74, 6) is 0. The van der Waals surface area contributed by atoms with Crippen LogP contribution in [0.1, 0.15) is 0 Å². The zero-order valence-corrected chi connectivity index (χ0v) is 44.8. The molecule has 0 spiro atoms. The van der Waals surface area contributed by atoms with Crippen LogP contribution in [0.4, 0.5) is 0 Å². The monoisotopic (exact) mass is 1050 g/mol. The Morgan fingerprint density at radius 3 is 0.270 bits per heavy atom. The molecular formula is C60H48N12TiZn+4. The Bertz CT molecular complexity index is 2430. The van der Waals surface area contributed by atoms with Crippen molar-refractivity contribution in [3.63, 3.8) is 0 Å². The predicted molar refractivity (Wildman–Crippen MR) is 285 cm³/mol. The molecule has 0 aliphatic carbocycles. The van der Waals surface area contributed by atoms with E-state index in [0.717, 1.165) is 68.3 Å². The van der Waals surface area contributed by atoms with Crippen molar-refractivity contribution in [2.75, 3.05) is 0 Å². The molecule has 74 heavy (non-hydrogen) atoms. The number of hydrogen-bond acceptors (Lipinski definition) is 12. The molecule has 0 N–H and O–H groups in total. The first-order chi connectivity index (χ1) is 35.8. The zero-order valence-electron chi connectivity index (χ0n) is 40.3. The molecule has 0 fully saturated rings. The van der Waals surface area contributed by atoms with Gasteiger partial charge in [0.25, 0.3) is 0 Å². The second-order valence-corrected chi connectivity index (χ2v) is 14.6. The number of aromatic nitrogens is 12. The Morgan fingerprint density at radius 2 is 0.216 bits per heavy atom. The van der Waals surface area contributed by atoms with Gasteiger partial charge in [0.2, 0.25) is 0 Å². The van der Waals surface area contributed by atoms with Crippen molar-refractivity contribution in [2.24, 2.45) is 0 Å². The van der Waals surface area contributed by atoms with E-state index in [1.54, 1.807) is 74.4 Å². The number of rotatable bonds is 6. The van der Waals surface area contributed by atoms with E-state index in [4.69, 9.17) is 0 Å². The minimum atomic E-state index is 0. The molecular weight excluding hydrogens is 1000 g/mol. The first-order valence-corrected chi connectivity index (χ1v) is 22.7. The Balaban J connectivity index is 0.000000164. The van der Waals surface area contributed by atoms with E-state index in [1.165, 1.54) is 0 Å². The standard InChI is InChI=1S/6C10H8N2.Ti.Zn/c6*1-3-7-11-9(5-1)10-6-2-4-8-12-10;;/h6*1-8H;;/q;;;;;;2*+2. The summed E-state index contributed by atoms with van der Waals surface area (Å²) in [4.78, 5) is 50.2. The molecule has 0 radical (unpaired) electrons. The predicted octanol–water partition coefficient (Wildman–Crippen LogP) is 12.9. The molecule has 0 unspecified atom stereocenters. The zero-order chi connectivity index (χ0) is 49.4. The average molecular weight is 1050 g/mol. The van der Waals surface area contributed by atoms with E-state index in [1.807, 2.05) is 218 Å². The smallest absolute Gasteiger partial charge is 0.255 e. The van der Waals surface area contributed by atoms with Crippen molar-refractivity contribution in [3.05, 3.63) is 293 Å². The fraction of sp³-hybridized carbons (Fsp3) is 0. The Labute approximate surface area is 459 Å². The van der Waals surface area contributed by atoms with E-state index in [2.05, 4.69) is 59.8 Å². The molecule has 12 rings (SSSR count). The maximum Gasteiger partial charge on any atom is 2.00 e. The molecule has 0 bridgehead atoms. The van der Waals surface area contributed by atoms with Crippen LogP contribution in [-0.4, -0.2) is 59.8 Å². The molecule has 12 aromatic rings. The van der Waals surface area contributed by atoms with Gasteiger partial charge in [0.15, 0.2) is 0 Å². The van der Waals surface area contributed by atoms with Crippen LogP contribution in [0.3, 0.4) is 0 Å². The quantitative estimate of drug-likeness (QED) is 0.146. The number of pyridine rings is 12. The van der Waals surface area contributed by atoms with Crippen LogP contribution in [0.5, 0.6) is 0 Å². The molecule has 12 nitrogen and oxygen atoms in total. The van der Waals surface area contributed by atoms with Gasteiger partial charge < -0.3 is 0 Å². The molecule has 0 saturated carbocycles. The van der Waals surface area contributed by atoms with Crippen LogP contribution in [0, 0.1) is 0 Å². The van der Waals surface area contributed by atoms with Gasteiger partial charge in [-0.25, -0.2) is 0 Å². The van der Waals surface area contributed by atoms with Crippen LogP contribution in [0.2, 0.25) is 0 Å². The van der Waals surface area contributed by atoms with Crippen molar-refractivity contribution in [2.45, 2.75) is 0 Å². The molecule has 0 aliphatic rings. The minimum absolute atomic E-state index is 0. The summed E-state index contributed by atoms with van der Waals surface area (Å²) in [6, 6.07) is 69.6. The molecule has 0 saturated heterocycles. The maximum atomic E-state index is 4.19. The van der Waals surface area contributed by atoms with Gasteiger partial charge in [-0.3, -0.25) is 59.8 Å². The molecule has 0 amide bonds. The Hall–Kier alpha value is -8.86. The van der Waals surface area contributed by atoms with Crippen molar-refractivity contribution in [1.29, 1.82) is 0 Å². The van der Waals surface area contributed by atoms with Gasteiger partial charge in [-0.05, 0) is 146 Å². The van der Waals surface area contributed by atoms with Gasteiger partial charge in [-0.15, -0.1) is 0 Å². The molecule has 0 atom stereocenters. The molecule has 0 aliphatic heterocycles. The van der Waals surface area contributed by atoms with Gasteiger partial charge in [0.05, 0.1) is 68.3 Å². The fourth-order valence-electron chi connectivity index (χ4n) is 6.17. The summed E-state index contributed by atoms with van der Waals surface area (Å²) in [6.45, 7) is 0. The first kappa shape index (κ1) is 56.1. The van der Waals surface area contributed by atoms with Gasteiger partial charge in [-0.1, -0.05) is 72.8 Å². The SMILES string of the molecule is [Ti+2].[Zn+2].c1ccc(-c2ccccn2)nc1.c1ccc(-c2ccccn2)nc1.c1ccc(-c2ccccn2)nc1.c1ccc(-c2ccccn2)nc1.c1ccc(-c2ccccn2)nc1.c1ccc(-c2ccccn2)nc1. The fourth-order valence-corrected chi connectivity index (χ4v) is 6.17. The van der Waals surface area contributed by atoms with E-state index < -0.39 is 0 Å². The normalized spacial score (nSPS) is 9.41. The second kappa shape index (κ2) is 33.7. The van der Waals surface area contributed by atoms with Crippen LogP contribution in [-0.2, 0) is 41.2 Å². The van der Waals surface area contributed by atoms with E-state index in [9.17, 15) is 0 Å². The third-order valence-corrected chi connectivity index (χ3v) is 9.55. The second-order valence-electron chi connectivity index (χ2n) is 14.6.